The fourth-order valence-electron chi connectivity index (χ4n) is 2.86. The quantitative estimate of drug-likeness (QED) is 0.356. The normalized spacial score (nSPS) is 11.7. The molecule has 0 aromatic heterocycles. The molecule has 0 heterocycles. The molecule has 2 aromatic carbocycles. The van der Waals surface area contributed by atoms with Gasteiger partial charge in [-0.15, -0.1) is 10.2 Å². The lowest BCUT2D eigenvalue weighted by atomic mass is 10.0. The molecule has 1 N–H and O–H groups in total. The molecule has 0 aliphatic carbocycles. The molecule has 142 valence electrons. The van der Waals surface area contributed by atoms with Crippen LogP contribution in [-0.2, 0) is 6.54 Å². The minimum absolute atomic E-state index is 0.614. The molecular formula is C23H30N4. The largest absolute Gasteiger partial charge is 0.388 e. The Balaban J connectivity index is 2.11. The second-order valence-corrected chi connectivity index (χ2v) is 7.17. The highest BCUT2D eigenvalue weighted by molar-refractivity contribution is 5.80. The number of rotatable bonds is 5. The van der Waals surface area contributed by atoms with Crippen molar-refractivity contribution in [2.75, 3.05) is 12.4 Å². The molecule has 2 aromatic rings. The molecule has 0 unspecified atom stereocenters. The van der Waals surface area contributed by atoms with Crippen LogP contribution >= 0.6 is 0 Å². The van der Waals surface area contributed by atoms with Gasteiger partial charge >= 0.3 is 0 Å². The molecule has 0 aliphatic heterocycles. The van der Waals surface area contributed by atoms with Crippen molar-refractivity contribution in [3.05, 3.63) is 63.7 Å². The molecule has 0 aliphatic rings. The Morgan fingerprint density at radius 2 is 1.70 bits per heavy atom. The van der Waals surface area contributed by atoms with Crippen LogP contribution in [0, 0.1) is 20.8 Å². The number of amidine groups is 1. The summed E-state index contributed by atoms with van der Waals surface area (Å²) in [6, 6.07) is 10.6. The van der Waals surface area contributed by atoms with E-state index in [4.69, 9.17) is 0 Å². The van der Waals surface area contributed by atoms with Crippen molar-refractivity contribution in [1.82, 2.24) is 0 Å². The van der Waals surface area contributed by atoms with E-state index in [-0.39, 0.29) is 0 Å². The number of aliphatic imine (C=N–C) groups is 1. The van der Waals surface area contributed by atoms with Crippen LogP contribution in [-0.4, -0.2) is 12.9 Å². The predicted octanol–water partition coefficient (Wildman–Crippen LogP) is 6.78. The van der Waals surface area contributed by atoms with E-state index in [1.54, 1.807) is 0 Å². The van der Waals surface area contributed by atoms with Crippen LogP contribution < -0.4 is 5.32 Å². The van der Waals surface area contributed by atoms with E-state index in [0.29, 0.717) is 12.4 Å². The lowest BCUT2D eigenvalue weighted by Gasteiger charge is -2.08. The number of nitrogens with zero attached hydrogens (tertiary/aromatic N) is 3. The van der Waals surface area contributed by atoms with E-state index in [2.05, 4.69) is 78.6 Å². The Kier molecular flexibility index (Phi) is 7.05. The van der Waals surface area contributed by atoms with E-state index < -0.39 is 0 Å². The third-order valence-electron chi connectivity index (χ3n) is 4.41. The number of benzene rings is 2. The molecule has 0 bridgehead atoms. The van der Waals surface area contributed by atoms with E-state index in [1.165, 1.54) is 22.3 Å². The van der Waals surface area contributed by atoms with E-state index >= 15 is 0 Å². The molecular weight excluding hydrogens is 332 g/mol. The summed E-state index contributed by atoms with van der Waals surface area (Å²) in [4.78, 5) is 4.58. The maximum absolute atomic E-state index is 4.58. The third kappa shape index (κ3) is 5.88. The Bertz CT molecular complexity index is 901. The van der Waals surface area contributed by atoms with Gasteiger partial charge in [-0.05, 0) is 81.5 Å². The van der Waals surface area contributed by atoms with Gasteiger partial charge in [0.1, 0.15) is 5.84 Å². The third-order valence-corrected chi connectivity index (χ3v) is 4.41. The van der Waals surface area contributed by atoms with Crippen LogP contribution in [0.15, 0.2) is 51.1 Å². The maximum Gasteiger partial charge on any atom is 0.143 e. The number of aryl methyl sites for hydroxylation is 3. The summed E-state index contributed by atoms with van der Waals surface area (Å²) in [5.41, 5.74) is 9.21. The zero-order chi connectivity index (χ0) is 20.0. The fourth-order valence-corrected chi connectivity index (χ4v) is 2.86. The SMILES string of the molecule is CNc1cc(C)c(N=NC(C)=NCc2ccc(C=C(C)C)cc2C)cc1C. The molecule has 27 heavy (non-hydrogen) atoms. The zero-order valence-corrected chi connectivity index (χ0v) is 17.5. The van der Waals surface area contributed by atoms with E-state index in [1.807, 2.05) is 27.0 Å². The monoisotopic (exact) mass is 362 g/mol. The summed E-state index contributed by atoms with van der Waals surface area (Å²) >= 11 is 0. The summed E-state index contributed by atoms with van der Waals surface area (Å²) in [7, 11) is 1.92. The van der Waals surface area contributed by atoms with E-state index in [0.717, 1.165) is 22.5 Å². The van der Waals surface area contributed by atoms with E-state index in [9.17, 15) is 0 Å². The van der Waals surface area contributed by atoms with Crippen molar-refractivity contribution in [3.63, 3.8) is 0 Å². The molecule has 0 fully saturated rings. The topological polar surface area (TPSA) is 49.1 Å². The van der Waals surface area contributed by atoms with Gasteiger partial charge in [-0.2, -0.15) is 0 Å². The van der Waals surface area contributed by atoms with Gasteiger partial charge in [0, 0.05) is 12.7 Å². The van der Waals surface area contributed by atoms with Crippen LogP contribution in [0.2, 0.25) is 0 Å². The van der Waals surface area contributed by atoms with Crippen LogP contribution in [0.25, 0.3) is 6.08 Å². The Morgan fingerprint density at radius 1 is 0.963 bits per heavy atom. The van der Waals surface area contributed by atoms with Gasteiger partial charge in [0.15, 0.2) is 0 Å². The van der Waals surface area contributed by atoms with Crippen LogP contribution in [0.1, 0.15) is 48.6 Å². The number of hydrogen-bond donors (Lipinski definition) is 1. The number of allylic oxidation sites excluding steroid dienone is 1. The molecule has 0 saturated carbocycles. The molecule has 4 heteroatoms. The number of nitrogens with one attached hydrogen (secondary N) is 1. The minimum atomic E-state index is 0.614. The molecule has 4 nitrogen and oxygen atoms in total. The Hall–Kier alpha value is -2.75. The summed E-state index contributed by atoms with van der Waals surface area (Å²) in [6.07, 6.45) is 2.18. The van der Waals surface area contributed by atoms with Gasteiger partial charge in [-0.25, -0.2) is 0 Å². The highest BCUT2D eigenvalue weighted by Crippen LogP contribution is 2.26. The first kappa shape index (κ1) is 20.6. The fraction of sp³-hybridized carbons (Fsp3) is 0.348. The average Bonchev–Trinajstić information content (AvgIpc) is 2.60. The predicted molar refractivity (Wildman–Crippen MR) is 117 cm³/mol. The summed E-state index contributed by atoms with van der Waals surface area (Å²) in [6.45, 7) is 12.9. The Labute approximate surface area is 163 Å². The smallest absolute Gasteiger partial charge is 0.143 e. The van der Waals surface area contributed by atoms with Gasteiger partial charge in [0.2, 0.25) is 0 Å². The van der Waals surface area contributed by atoms with Gasteiger partial charge < -0.3 is 5.32 Å². The van der Waals surface area contributed by atoms with Crippen molar-refractivity contribution in [2.45, 2.75) is 48.1 Å². The van der Waals surface area contributed by atoms with Crippen LogP contribution in [0.5, 0.6) is 0 Å². The van der Waals surface area contributed by atoms with Crippen LogP contribution in [0.4, 0.5) is 11.4 Å². The molecule has 0 amide bonds. The first-order chi connectivity index (χ1) is 12.8. The maximum atomic E-state index is 4.58. The van der Waals surface area contributed by atoms with Gasteiger partial charge in [-0.3, -0.25) is 4.99 Å². The highest BCUT2D eigenvalue weighted by atomic mass is 15.1. The molecule has 0 atom stereocenters. The van der Waals surface area contributed by atoms with Crippen molar-refractivity contribution < 1.29 is 0 Å². The second-order valence-electron chi connectivity index (χ2n) is 7.17. The molecule has 2 rings (SSSR count). The molecule has 0 saturated heterocycles. The van der Waals surface area contributed by atoms with Gasteiger partial charge in [0.05, 0.1) is 12.2 Å². The van der Waals surface area contributed by atoms with Crippen LogP contribution in [0.3, 0.4) is 0 Å². The first-order valence-corrected chi connectivity index (χ1v) is 9.26. The number of hydrogen-bond acceptors (Lipinski definition) is 3. The lowest BCUT2D eigenvalue weighted by Crippen LogP contribution is -1.93. The lowest BCUT2D eigenvalue weighted by molar-refractivity contribution is 1.03. The highest BCUT2D eigenvalue weighted by Gasteiger charge is 2.03. The molecule has 0 spiro atoms. The van der Waals surface area contributed by atoms with Gasteiger partial charge in [-0.1, -0.05) is 29.8 Å². The van der Waals surface area contributed by atoms with Crippen molar-refractivity contribution in [2.24, 2.45) is 15.2 Å². The second kappa shape index (κ2) is 9.26. The molecule has 0 radical (unpaired) electrons. The zero-order valence-electron chi connectivity index (χ0n) is 17.5. The standard InChI is InChI=1S/C23H30N4/c1-15(2)10-20-8-9-21(16(3)11-20)14-25-19(6)26-27-23-13-17(4)22(24-7)12-18(23)5/h8-13,24H,14H2,1-7H3. The summed E-state index contributed by atoms with van der Waals surface area (Å²) in [5.74, 6) is 0.678. The summed E-state index contributed by atoms with van der Waals surface area (Å²) in [5, 5.41) is 11.9. The first-order valence-electron chi connectivity index (χ1n) is 9.26. The Morgan fingerprint density at radius 3 is 2.33 bits per heavy atom. The number of anilines is 1. The average molecular weight is 363 g/mol. The van der Waals surface area contributed by atoms with Crippen molar-refractivity contribution in [3.8, 4) is 0 Å². The minimum Gasteiger partial charge on any atom is -0.388 e. The summed E-state index contributed by atoms with van der Waals surface area (Å²) < 4.78 is 0. The van der Waals surface area contributed by atoms with Crippen molar-refractivity contribution in [1.29, 1.82) is 0 Å². The number of azo groups is 1. The van der Waals surface area contributed by atoms with Crippen molar-refractivity contribution >= 4 is 23.3 Å². The van der Waals surface area contributed by atoms with Gasteiger partial charge in [0.25, 0.3) is 0 Å².